The number of hydrogen-bond acceptors (Lipinski definition) is 3. The van der Waals surface area contributed by atoms with Gasteiger partial charge in [0.1, 0.15) is 0 Å². The van der Waals surface area contributed by atoms with Crippen molar-refractivity contribution < 1.29 is 4.79 Å². The molecule has 1 amide bonds. The molecule has 3 aromatic rings. The smallest absolute Gasteiger partial charge is 0.276 e. The Balaban J connectivity index is 1.73. The van der Waals surface area contributed by atoms with Crippen LogP contribution in [0.2, 0.25) is 5.02 Å². The summed E-state index contributed by atoms with van der Waals surface area (Å²) < 4.78 is 1.78. The zero-order valence-corrected chi connectivity index (χ0v) is 16.3. The number of fused-ring (bicyclic) bond motifs is 3. The molecule has 0 aliphatic carbocycles. The molecule has 2 heterocycles. The average molecular weight is 384 g/mol. The summed E-state index contributed by atoms with van der Waals surface area (Å²) in [6, 6.07) is 11.9. The number of carbonyl (C=O) groups is 1. The zero-order valence-electron chi connectivity index (χ0n) is 14.8. The third kappa shape index (κ3) is 3.02. The maximum Gasteiger partial charge on any atom is 0.276 e. The number of anilines is 1. The minimum absolute atomic E-state index is 0.182. The van der Waals surface area contributed by atoms with Crippen molar-refractivity contribution in [1.29, 1.82) is 0 Å². The summed E-state index contributed by atoms with van der Waals surface area (Å²) in [7, 11) is 1.87. The molecular weight excluding hydrogens is 366 g/mol. The van der Waals surface area contributed by atoms with Gasteiger partial charge in [0.25, 0.3) is 5.91 Å². The molecule has 0 unspecified atom stereocenters. The molecular formula is C20H18ClN3OS. The van der Waals surface area contributed by atoms with Crippen LogP contribution in [0.1, 0.15) is 27.2 Å². The highest BCUT2D eigenvalue weighted by molar-refractivity contribution is 7.98. The van der Waals surface area contributed by atoms with E-state index in [0.717, 1.165) is 38.5 Å². The Labute approximate surface area is 161 Å². The summed E-state index contributed by atoms with van der Waals surface area (Å²) in [5.74, 6) is 0.533. The first-order valence-corrected chi connectivity index (χ1v) is 9.67. The molecule has 26 heavy (non-hydrogen) atoms. The normalized spacial score (nSPS) is 12.5. The molecule has 0 saturated heterocycles. The van der Waals surface area contributed by atoms with E-state index in [-0.39, 0.29) is 5.91 Å². The fourth-order valence-corrected chi connectivity index (χ4v) is 4.64. The van der Waals surface area contributed by atoms with Gasteiger partial charge in [0.05, 0.1) is 5.69 Å². The van der Waals surface area contributed by atoms with Crippen molar-refractivity contribution in [2.75, 3.05) is 5.32 Å². The average Bonchev–Trinajstić information content (AvgIpc) is 2.91. The second-order valence-electron chi connectivity index (χ2n) is 6.56. The number of aryl methyl sites for hydroxylation is 3. The van der Waals surface area contributed by atoms with Gasteiger partial charge in [-0.1, -0.05) is 17.7 Å². The topological polar surface area (TPSA) is 46.9 Å². The van der Waals surface area contributed by atoms with Gasteiger partial charge < -0.3 is 5.32 Å². The summed E-state index contributed by atoms with van der Waals surface area (Å²) in [4.78, 5) is 14.0. The fourth-order valence-electron chi connectivity index (χ4n) is 3.42. The van der Waals surface area contributed by atoms with E-state index in [1.54, 1.807) is 16.4 Å². The van der Waals surface area contributed by atoms with Gasteiger partial charge in [-0.15, -0.1) is 11.8 Å². The number of hydrogen-bond donors (Lipinski definition) is 1. The minimum Gasteiger partial charge on any atom is -0.321 e. The fraction of sp³-hybridized carbons (Fsp3) is 0.200. The molecule has 4 nitrogen and oxygen atoms in total. The maximum atomic E-state index is 12.9. The Morgan fingerprint density at radius 2 is 1.92 bits per heavy atom. The summed E-state index contributed by atoms with van der Waals surface area (Å²) >= 11 is 7.89. The molecule has 1 aliphatic heterocycles. The number of thioether (sulfide) groups is 1. The van der Waals surface area contributed by atoms with E-state index in [9.17, 15) is 4.79 Å². The highest BCUT2D eigenvalue weighted by atomic mass is 35.5. The van der Waals surface area contributed by atoms with Crippen molar-refractivity contribution in [1.82, 2.24) is 9.78 Å². The van der Waals surface area contributed by atoms with Crippen molar-refractivity contribution in [3.63, 3.8) is 0 Å². The van der Waals surface area contributed by atoms with E-state index in [2.05, 4.69) is 16.5 Å². The molecule has 132 valence electrons. The highest BCUT2D eigenvalue weighted by Gasteiger charge is 2.28. The monoisotopic (exact) mass is 383 g/mol. The molecule has 0 saturated carbocycles. The van der Waals surface area contributed by atoms with E-state index >= 15 is 0 Å². The Morgan fingerprint density at radius 1 is 1.19 bits per heavy atom. The molecule has 0 fully saturated rings. The Hall–Kier alpha value is -2.24. The first kappa shape index (κ1) is 17.2. The molecule has 0 spiro atoms. The molecule has 6 heteroatoms. The van der Waals surface area contributed by atoms with Crippen LogP contribution < -0.4 is 5.32 Å². The van der Waals surface area contributed by atoms with Gasteiger partial charge in [-0.25, -0.2) is 0 Å². The largest absolute Gasteiger partial charge is 0.321 e. The van der Waals surface area contributed by atoms with Crippen LogP contribution in [0.4, 0.5) is 5.69 Å². The van der Waals surface area contributed by atoms with Crippen LogP contribution in [0, 0.1) is 13.8 Å². The Bertz CT molecular complexity index is 1020. The van der Waals surface area contributed by atoms with E-state index in [0.29, 0.717) is 16.5 Å². The van der Waals surface area contributed by atoms with Crippen LogP contribution in [-0.4, -0.2) is 15.7 Å². The van der Waals surface area contributed by atoms with Gasteiger partial charge in [-0.05, 0) is 55.3 Å². The standard InChI is InChI=1S/C20H18ClN3OS/c1-11-6-12(2)8-14(7-11)22-20(25)18-16-10-26-17-5-4-13(21)9-15(17)19(16)24(3)23-18/h4-9H,10H2,1-3H3,(H,22,25). The summed E-state index contributed by atoms with van der Waals surface area (Å²) in [5.41, 5.74) is 6.44. The summed E-state index contributed by atoms with van der Waals surface area (Å²) in [6.07, 6.45) is 0. The number of carbonyl (C=O) groups excluding carboxylic acids is 1. The lowest BCUT2D eigenvalue weighted by Crippen LogP contribution is -2.15. The lowest BCUT2D eigenvalue weighted by Gasteiger charge is -2.17. The number of halogens is 1. The van der Waals surface area contributed by atoms with Gasteiger partial charge in [0.2, 0.25) is 0 Å². The second kappa shape index (κ2) is 6.49. The molecule has 2 aromatic carbocycles. The number of amides is 1. The lowest BCUT2D eigenvalue weighted by molar-refractivity contribution is 0.102. The van der Waals surface area contributed by atoms with E-state index < -0.39 is 0 Å². The molecule has 1 N–H and O–H groups in total. The van der Waals surface area contributed by atoms with Gasteiger partial charge in [0, 0.05) is 39.5 Å². The van der Waals surface area contributed by atoms with Crippen molar-refractivity contribution in [3.8, 4) is 11.3 Å². The highest BCUT2D eigenvalue weighted by Crippen LogP contribution is 2.43. The van der Waals surface area contributed by atoms with Gasteiger partial charge in [-0.2, -0.15) is 5.10 Å². The molecule has 0 bridgehead atoms. The molecule has 0 radical (unpaired) electrons. The lowest BCUT2D eigenvalue weighted by atomic mass is 10.1. The van der Waals surface area contributed by atoms with Crippen molar-refractivity contribution >= 4 is 35.0 Å². The number of aromatic nitrogens is 2. The third-order valence-electron chi connectivity index (χ3n) is 4.41. The Morgan fingerprint density at radius 3 is 2.65 bits per heavy atom. The van der Waals surface area contributed by atoms with E-state index in [1.807, 2.05) is 51.2 Å². The number of nitrogens with one attached hydrogen (secondary N) is 1. The van der Waals surface area contributed by atoms with Crippen LogP contribution in [0.5, 0.6) is 0 Å². The summed E-state index contributed by atoms with van der Waals surface area (Å²) in [6.45, 7) is 4.03. The predicted molar refractivity (Wildman–Crippen MR) is 107 cm³/mol. The van der Waals surface area contributed by atoms with Gasteiger partial charge >= 0.3 is 0 Å². The van der Waals surface area contributed by atoms with Crippen LogP contribution >= 0.6 is 23.4 Å². The maximum absolute atomic E-state index is 12.9. The third-order valence-corrected chi connectivity index (χ3v) is 5.74. The van der Waals surface area contributed by atoms with E-state index in [4.69, 9.17) is 11.6 Å². The van der Waals surface area contributed by atoms with Crippen molar-refractivity contribution in [2.45, 2.75) is 24.5 Å². The molecule has 1 aliphatic rings. The van der Waals surface area contributed by atoms with Crippen LogP contribution in [0.15, 0.2) is 41.3 Å². The SMILES string of the molecule is Cc1cc(C)cc(NC(=O)c2nn(C)c3c2CSc2ccc(Cl)cc2-3)c1. The minimum atomic E-state index is -0.182. The van der Waals surface area contributed by atoms with Gasteiger partial charge in [-0.3, -0.25) is 9.48 Å². The van der Waals surface area contributed by atoms with Crippen LogP contribution in [-0.2, 0) is 12.8 Å². The van der Waals surface area contributed by atoms with E-state index in [1.165, 1.54) is 0 Å². The van der Waals surface area contributed by atoms with Crippen molar-refractivity contribution in [2.24, 2.45) is 7.05 Å². The predicted octanol–water partition coefficient (Wildman–Crippen LogP) is 5.22. The van der Waals surface area contributed by atoms with Crippen LogP contribution in [0.25, 0.3) is 11.3 Å². The molecule has 0 atom stereocenters. The molecule has 4 rings (SSSR count). The number of rotatable bonds is 2. The number of benzene rings is 2. The first-order chi connectivity index (χ1) is 12.4. The van der Waals surface area contributed by atoms with Crippen LogP contribution in [0.3, 0.4) is 0 Å². The quantitative estimate of drug-likeness (QED) is 0.660. The first-order valence-electron chi connectivity index (χ1n) is 8.30. The number of nitrogens with zero attached hydrogens (tertiary/aromatic N) is 2. The van der Waals surface area contributed by atoms with Gasteiger partial charge in [0.15, 0.2) is 5.69 Å². The second-order valence-corrected chi connectivity index (χ2v) is 8.01. The molecule has 1 aromatic heterocycles. The van der Waals surface area contributed by atoms with Crippen molar-refractivity contribution in [3.05, 3.63) is 63.8 Å². The Kier molecular flexibility index (Phi) is 4.29. The summed E-state index contributed by atoms with van der Waals surface area (Å²) in [5, 5.41) is 8.18. The zero-order chi connectivity index (χ0) is 18.4.